The number of benzene rings is 1. The standard InChI is InChI=1S/C15H14ClNO3/c16-8-2-1-3-9(6-8)17-14(18)12-7-4-10-11(5-7)20-15(19)13(10)12/h1-3,6-7,10-13H,4-5H2,(H,17,18)/t7-,10-,11-,12-,13+/m1/s1. The Kier molecular flexibility index (Phi) is 2.58. The van der Waals surface area contributed by atoms with Crippen molar-refractivity contribution in [1.82, 2.24) is 0 Å². The molecular weight excluding hydrogens is 278 g/mol. The molecule has 2 saturated carbocycles. The van der Waals surface area contributed by atoms with Crippen molar-refractivity contribution in [2.24, 2.45) is 23.7 Å². The van der Waals surface area contributed by atoms with Gasteiger partial charge in [-0.15, -0.1) is 0 Å². The van der Waals surface area contributed by atoms with Gasteiger partial charge in [0.05, 0.1) is 11.8 Å². The van der Waals surface area contributed by atoms with Gasteiger partial charge >= 0.3 is 5.97 Å². The molecule has 0 radical (unpaired) electrons. The molecule has 4 rings (SSSR count). The second-order valence-corrected chi connectivity index (χ2v) is 6.36. The average molecular weight is 292 g/mol. The van der Waals surface area contributed by atoms with Crippen LogP contribution in [0.2, 0.25) is 5.02 Å². The van der Waals surface area contributed by atoms with Crippen molar-refractivity contribution >= 4 is 29.2 Å². The Labute approximate surface area is 121 Å². The Bertz CT molecular complexity index is 601. The molecule has 0 unspecified atom stereocenters. The van der Waals surface area contributed by atoms with Crippen LogP contribution in [0.1, 0.15) is 12.8 Å². The minimum atomic E-state index is -0.245. The first-order valence-electron chi connectivity index (χ1n) is 6.90. The summed E-state index contributed by atoms with van der Waals surface area (Å²) in [5.41, 5.74) is 0.674. The zero-order valence-corrected chi connectivity index (χ0v) is 11.5. The Morgan fingerprint density at radius 2 is 2.20 bits per heavy atom. The summed E-state index contributed by atoms with van der Waals surface area (Å²) < 4.78 is 5.35. The molecule has 0 spiro atoms. The maximum atomic E-state index is 12.5. The van der Waals surface area contributed by atoms with E-state index in [4.69, 9.17) is 16.3 Å². The fourth-order valence-electron chi connectivity index (χ4n) is 4.16. The second-order valence-electron chi connectivity index (χ2n) is 5.92. The Hall–Kier alpha value is -1.55. The van der Waals surface area contributed by atoms with Gasteiger partial charge in [0.2, 0.25) is 5.91 Å². The number of carbonyl (C=O) groups is 2. The maximum Gasteiger partial charge on any atom is 0.310 e. The molecule has 5 heteroatoms. The van der Waals surface area contributed by atoms with E-state index < -0.39 is 0 Å². The van der Waals surface area contributed by atoms with E-state index in [0.717, 1.165) is 12.8 Å². The number of esters is 1. The third-order valence-electron chi connectivity index (χ3n) is 4.88. The summed E-state index contributed by atoms with van der Waals surface area (Å²) in [6.07, 6.45) is 1.84. The lowest BCUT2D eigenvalue weighted by atomic mass is 9.79. The lowest BCUT2D eigenvalue weighted by Gasteiger charge is -2.23. The highest BCUT2D eigenvalue weighted by Crippen LogP contribution is 2.57. The lowest BCUT2D eigenvalue weighted by molar-refractivity contribution is -0.145. The Balaban J connectivity index is 1.56. The highest BCUT2D eigenvalue weighted by atomic mass is 35.5. The van der Waals surface area contributed by atoms with Gasteiger partial charge in [-0.1, -0.05) is 17.7 Å². The molecule has 2 bridgehead atoms. The van der Waals surface area contributed by atoms with Crippen LogP contribution in [0.4, 0.5) is 5.69 Å². The van der Waals surface area contributed by atoms with Gasteiger partial charge in [0, 0.05) is 16.6 Å². The van der Waals surface area contributed by atoms with E-state index in [1.165, 1.54) is 0 Å². The molecule has 104 valence electrons. The second kappa shape index (κ2) is 4.22. The fraction of sp³-hybridized carbons (Fsp3) is 0.467. The number of fused-ring (bicyclic) bond motifs is 1. The van der Waals surface area contributed by atoms with Gasteiger partial charge in [0.25, 0.3) is 0 Å². The molecule has 3 fully saturated rings. The van der Waals surface area contributed by atoms with Gasteiger partial charge in [-0.3, -0.25) is 9.59 Å². The highest BCUT2D eigenvalue weighted by molar-refractivity contribution is 6.30. The van der Waals surface area contributed by atoms with Crippen molar-refractivity contribution in [1.29, 1.82) is 0 Å². The molecule has 1 aliphatic heterocycles. The molecule has 1 N–H and O–H groups in total. The number of amides is 1. The van der Waals surface area contributed by atoms with E-state index in [-0.39, 0.29) is 41.7 Å². The predicted molar refractivity (Wildman–Crippen MR) is 73.2 cm³/mol. The van der Waals surface area contributed by atoms with E-state index in [2.05, 4.69) is 5.32 Å². The molecule has 1 aromatic carbocycles. The molecule has 20 heavy (non-hydrogen) atoms. The van der Waals surface area contributed by atoms with Crippen molar-refractivity contribution < 1.29 is 14.3 Å². The molecule has 3 aliphatic rings. The van der Waals surface area contributed by atoms with E-state index in [0.29, 0.717) is 10.7 Å². The lowest BCUT2D eigenvalue weighted by Crippen LogP contribution is -2.35. The molecule has 1 amide bonds. The number of halogens is 1. The van der Waals surface area contributed by atoms with E-state index in [1.54, 1.807) is 24.3 Å². The zero-order valence-electron chi connectivity index (χ0n) is 10.7. The van der Waals surface area contributed by atoms with Crippen LogP contribution in [0.15, 0.2) is 24.3 Å². The summed E-state index contributed by atoms with van der Waals surface area (Å²) in [7, 11) is 0. The van der Waals surface area contributed by atoms with Crippen LogP contribution in [0.25, 0.3) is 0 Å². The summed E-state index contributed by atoms with van der Waals surface area (Å²) in [6.45, 7) is 0. The van der Waals surface area contributed by atoms with Gasteiger partial charge in [-0.2, -0.15) is 0 Å². The van der Waals surface area contributed by atoms with Crippen LogP contribution in [0, 0.1) is 23.7 Å². The van der Waals surface area contributed by atoms with E-state index in [9.17, 15) is 9.59 Å². The van der Waals surface area contributed by atoms with Crippen LogP contribution < -0.4 is 5.32 Å². The zero-order chi connectivity index (χ0) is 13.9. The molecule has 2 aliphatic carbocycles. The van der Waals surface area contributed by atoms with Crippen molar-refractivity contribution in [3.63, 3.8) is 0 Å². The number of hydrogen-bond donors (Lipinski definition) is 1. The Morgan fingerprint density at radius 3 is 3.00 bits per heavy atom. The molecule has 1 heterocycles. The predicted octanol–water partition coefficient (Wildman–Crippen LogP) is 2.48. The largest absolute Gasteiger partial charge is 0.462 e. The molecule has 1 aromatic rings. The number of nitrogens with one attached hydrogen (secondary N) is 1. The number of hydrogen-bond acceptors (Lipinski definition) is 3. The van der Waals surface area contributed by atoms with Crippen LogP contribution >= 0.6 is 11.6 Å². The first-order chi connectivity index (χ1) is 9.63. The number of anilines is 1. The van der Waals surface area contributed by atoms with Gasteiger partial charge < -0.3 is 10.1 Å². The number of ether oxygens (including phenoxy) is 1. The topological polar surface area (TPSA) is 55.4 Å². The molecular formula is C15H14ClNO3. The van der Waals surface area contributed by atoms with Crippen LogP contribution in [0.5, 0.6) is 0 Å². The van der Waals surface area contributed by atoms with Crippen LogP contribution in [0.3, 0.4) is 0 Å². The average Bonchev–Trinajstić information content (AvgIpc) is 2.99. The first kappa shape index (κ1) is 12.2. The summed E-state index contributed by atoms with van der Waals surface area (Å²) >= 11 is 5.91. The van der Waals surface area contributed by atoms with Gasteiger partial charge in [0.1, 0.15) is 6.10 Å². The minimum absolute atomic E-state index is 0.0627. The van der Waals surface area contributed by atoms with E-state index in [1.807, 2.05) is 0 Å². The summed E-state index contributed by atoms with van der Waals surface area (Å²) in [6, 6.07) is 7.06. The first-order valence-corrected chi connectivity index (χ1v) is 7.28. The van der Waals surface area contributed by atoms with Crippen molar-refractivity contribution in [2.45, 2.75) is 18.9 Å². The smallest absolute Gasteiger partial charge is 0.310 e. The van der Waals surface area contributed by atoms with Crippen molar-refractivity contribution in [3.8, 4) is 0 Å². The Morgan fingerprint density at radius 1 is 1.35 bits per heavy atom. The normalized spacial score (nSPS) is 37.0. The van der Waals surface area contributed by atoms with Crippen molar-refractivity contribution in [2.75, 3.05) is 5.32 Å². The SMILES string of the molecule is O=C(Nc1cccc(Cl)c1)[C@@H]1[C@@H]2C[C@H]3[C@@H]1C(=O)O[C@@H]3C2. The van der Waals surface area contributed by atoms with E-state index >= 15 is 0 Å². The number of carbonyl (C=O) groups excluding carboxylic acids is 2. The molecule has 1 saturated heterocycles. The molecule has 4 nitrogen and oxygen atoms in total. The summed E-state index contributed by atoms with van der Waals surface area (Å²) in [5, 5.41) is 3.46. The highest BCUT2D eigenvalue weighted by Gasteiger charge is 2.63. The van der Waals surface area contributed by atoms with Crippen molar-refractivity contribution in [3.05, 3.63) is 29.3 Å². The molecule has 0 aromatic heterocycles. The third-order valence-corrected chi connectivity index (χ3v) is 5.11. The minimum Gasteiger partial charge on any atom is -0.462 e. The summed E-state index contributed by atoms with van der Waals surface area (Å²) in [5.74, 6) is -0.222. The number of rotatable bonds is 2. The van der Waals surface area contributed by atoms with Gasteiger partial charge in [-0.05, 0) is 37.0 Å². The van der Waals surface area contributed by atoms with Crippen LogP contribution in [-0.2, 0) is 14.3 Å². The van der Waals surface area contributed by atoms with Gasteiger partial charge in [0.15, 0.2) is 0 Å². The maximum absolute atomic E-state index is 12.5. The van der Waals surface area contributed by atoms with Crippen LogP contribution in [-0.4, -0.2) is 18.0 Å². The monoisotopic (exact) mass is 291 g/mol. The van der Waals surface area contributed by atoms with Gasteiger partial charge in [-0.25, -0.2) is 0 Å². The molecule has 5 atom stereocenters. The quantitative estimate of drug-likeness (QED) is 0.852. The summed E-state index contributed by atoms with van der Waals surface area (Å²) in [4.78, 5) is 24.4. The third kappa shape index (κ3) is 1.67. The fourth-order valence-corrected chi connectivity index (χ4v) is 4.35.